The third-order valence-corrected chi connectivity index (χ3v) is 4.13. The number of aromatic nitrogens is 1. The molecule has 2 rings (SSSR count). The Hall–Kier alpha value is -1.59. The number of nitrogens with zero attached hydrogens (tertiary/aromatic N) is 1. The van der Waals surface area contributed by atoms with Gasteiger partial charge in [-0.2, -0.15) is 0 Å². The number of carbonyl (C=O) groups excluding carboxylic acids is 1. The van der Waals surface area contributed by atoms with Crippen LogP contribution < -0.4 is 11.1 Å². The third kappa shape index (κ3) is 3.05. The predicted molar refractivity (Wildman–Crippen MR) is 78.6 cm³/mol. The Morgan fingerprint density at radius 2 is 2.26 bits per heavy atom. The summed E-state index contributed by atoms with van der Waals surface area (Å²) in [6.45, 7) is 3.81. The molecule has 2 aromatic rings. The van der Waals surface area contributed by atoms with Crippen LogP contribution in [0.5, 0.6) is 0 Å². The fraction of sp³-hybridized carbons (Fsp3) is 0.231. The van der Waals surface area contributed by atoms with Crippen LogP contribution in [0.15, 0.2) is 23.6 Å². The molecule has 6 heteroatoms. The van der Waals surface area contributed by atoms with E-state index in [1.165, 1.54) is 11.3 Å². The van der Waals surface area contributed by atoms with Gasteiger partial charge >= 0.3 is 0 Å². The Bertz CT molecular complexity index is 612. The van der Waals surface area contributed by atoms with Crippen molar-refractivity contribution in [3.05, 3.63) is 44.9 Å². The first-order valence-corrected chi connectivity index (χ1v) is 7.01. The minimum absolute atomic E-state index is 0.162. The lowest BCUT2D eigenvalue weighted by Gasteiger charge is -2.13. The molecule has 1 atom stereocenters. The molecule has 0 aliphatic carbocycles. The van der Waals surface area contributed by atoms with Gasteiger partial charge in [-0.25, -0.2) is 4.98 Å². The van der Waals surface area contributed by atoms with Crippen LogP contribution in [0.4, 0.5) is 5.69 Å². The maximum absolute atomic E-state index is 12.1. The van der Waals surface area contributed by atoms with Gasteiger partial charge in [0.2, 0.25) is 0 Å². The quantitative estimate of drug-likeness (QED) is 0.855. The summed E-state index contributed by atoms with van der Waals surface area (Å²) in [6.07, 6.45) is 0. The SMILES string of the molecule is Cc1csc(C(C)NC(=O)c2cccc(Cl)c2N)n1. The first-order valence-electron chi connectivity index (χ1n) is 5.76. The normalized spacial score (nSPS) is 12.2. The molecule has 0 fully saturated rings. The zero-order valence-electron chi connectivity index (χ0n) is 10.6. The second-order valence-corrected chi connectivity index (χ2v) is 5.52. The molecule has 0 radical (unpaired) electrons. The summed E-state index contributed by atoms with van der Waals surface area (Å²) >= 11 is 7.42. The molecule has 0 spiro atoms. The van der Waals surface area contributed by atoms with Crippen LogP contribution in [-0.4, -0.2) is 10.9 Å². The van der Waals surface area contributed by atoms with E-state index in [1.807, 2.05) is 19.2 Å². The van der Waals surface area contributed by atoms with E-state index in [0.29, 0.717) is 16.3 Å². The maximum atomic E-state index is 12.1. The maximum Gasteiger partial charge on any atom is 0.253 e. The molecule has 1 unspecified atom stereocenters. The molecule has 4 nitrogen and oxygen atoms in total. The number of hydrogen-bond donors (Lipinski definition) is 2. The molecule has 1 amide bonds. The van der Waals surface area contributed by atoms with Crippen molar-refractivity contribution in [1.82, 2.24) is 10.3 Å². The smallest absolute Gasteiger partial charge is 0.253 e. The fourth-order valence-corrected chi connectivity index (χ4v) is 2.62. The minimum atomic E-state index is -0.250. The van der Waals surface area contributed by atoms with Gasteiger partial charge in [0.1, 0.15) is 5.01 Å². The van der Waals surface area contributed by atoms with Crippen LogP contribution >= 0.6 is 22.9 Å². The summed E-state index contributed by atoms with van der Waals surface area (Å²) in [5.41, 5.74) is 7.42. The van der Waals surface area contributed by atoms with Gasteiger partial charge in [0.05, 0.1) is 22.3 Å². The number of amides is 1. The summed E-state index contributed by atoms with van der Waals surface area (Å²) in [6, 6.07) is 4.84. The van der Waals surface area contributed by atoms with Crippen molar-refractivity contribution < 1.29 is 4.79 Å². The highest BCUT2D eigenvalue weighted by atomic mass is 35.5. The topological polar surface area (TPSA) is 68.0 Å². The van der Waals surface area contributed by atoms with Gasteiger partial charge in [0, 0.05) is 11.1 Å². The van der Waals surface area contributed by atoms with E-state index in [4.69, 9.17) is 17.3 Å². The standard InChI is InChI=1S/C13H14ClN3OS/c1-7-6-19-13(16-7)8(2)17-12(18)9-4-3-5-10(14)11(9)15/h3-6,8H,15H2,1-2H3,(H,17,18). The van der Waals surface area contributed by atoms with Gasteiger partial charge in [-0.1, -0.05) is 17.7 Å². The van der Waals surface area contributed by atoms with Gasteiger partial charge in [-0.05, 0) is 26.0 Å². The first-order chi connectivity index (χ1) is 8.99. The molecule has 19 heavy (non-hydrogen) atoms. The molecule has 0 aliphatic rings. The number of rotatable bonds is 3. The number of halogens is 1. The summed E-state index contributed by atoms with van der Waals surface area (Å²) < 4.78 is 0. The van der Waals surface area contributed by atoms with E-state index in [-0.39, 0.29) is 11.9 Å². The van der Waals surface area contributed by atoms with Crippen molar-refractivity contribution in [3.8, 4) is 0 Å². The van der Waals surface area contributed by atoms with Crippen LogP contribution in [0.25, 0.3) is 0 Å². The lowest BCUT2D eigenvalue weighted by atomic mass is 10.1. The summed E-state index contributed by atoms with van der Waals surface area (Å²) in [4.78, 5) is 16.5. The fourth-order valence-electron chi connectivity index (χ4n) is 1.64. The molecular weight excluding hydrogens is 282 g/mol. The minimum Gasteiger partial charge on any atom is -0.397 e. The average molecular weight is 296 g/mol. The van der Waals surface area contributed by atoms with Crippen LogP contribution in [0.2, 0.25) is 5.02 Å². The Morgan fingerprint density at radius 3 is 2.89 bits per heavy atom. The van der Waals surface area contributed by atoms with Crippen molar-refractivity contribution in [2.75, 3.05) is 5.73 Å². The Labute approximate surface area is 120 Å². The number of thiazole rings is 1. The van der Waals surface area contributed by atoms with E-state index in [0.717, 1.165) is 10.7 Å². The molecular formula is C13H14ClN3OS. The number of aryl methyl sites for hydroxylation is 1. The highest BCUT2D eigenvalue weighted by Gasteiger charge is 2.16. The monoisotopic (exact) mass is 295 g/mol. The van der Waals surface area contributed by atoms with Gasteiger partial charge in [-0.15, -0.1) is 11.3 Å². The number of anilines is 1. The first kappa shape index (κ1) is 13.8. The van der Waals surface area contributed by atoms with Crippen molar-refractivity contribution >= 4 is 34.5 Å². The average Bonchev–Trinajstić information content (AvgIpc) is 2.79. The van der Waals surface area contributed by atoms with Gasteiger partial charge in [0.25, 0.3) is 5.91 Å². The number of carbonyl (C=O) groups is 1. The number of nitrogen functional groups attached to an aromatic ring is 1. The van der Waals surface area contributed by atoms with Gasteiger partial charge in [0.15, 0.2) is 0 Å². The molecule has 1 aromatic heterocycles. The Balaban J connectivity index is 2.15. The molecule has 3 N–H and O–H groups in total. The summed E-state index contributed by atoms with van der Waals surface area (Å²) in [7, 11) is 0. The number of nitrogens with one attached hydrogen (secondary N) is 1. The lowest BCUT2D eigenvalue weighted by molar-refractivity contribution is 0.0940. The van der Waals surface area contributed by atoms with Crippen LogP contribution in [0, 0.1) is 6.92 Å². The van der Waals surface area contributed by atoms with Crippen molar-refractivity contribution in [3.63, 3.8) is 0 Å². The van der Waals surface area contributed by atoms with Crippen molar-refractivity contribution in [2.24, 2.45) is 0 Å². The highest BCUT2D eigenvalue weighted by Crippen LogP contribution is 2.23. The van der Waals surface area contributed by atoms with E-state index >= 15 is 0 Å². The Morgan fingerprint density at radius 1 is 1.53 bits per heavy atom. The van der Waals surface area contributed by atoms with E-state index in [1.54, 1.807) is 18.2 Å². The molecule has 1 aromatic carbocycles. The van der Waals surface area contributed by atoms with Crippen molar-refractivity contribution in [2.45, 2.75) is 19.9 Å². The molecule has 0 bridgehead atoms. The zero-order chi connectivity index (χ0) is 14.0. The van der Waals surface area contributed by atoms with E-state index < -0.39 is 0 Å². The second-order valence-electron chi connectivity index (χ2n) is 4.22. The molecule has 100 valence electrons. The molecule has 0 saturated carbocycles. The third-order valence-electron chi connectivity index (χ3n) is 2.65. The molecule has 1 heterocycles. The summed E-state index contributed by atoms with van der Waals surface area (Å²) in [5.74, 6) is -0.250. The van der Waals surface area contributed by atoms with Crippen LogP contribution in [0.1, 0.15) is 34.0 Å². The lowest BCUT2D eigenvalue weighted by Crippen LogP contribution is -2.27. The Kier molecular flexibility index (Phi) is 4.07. The van der Waals surface area contributed by atoms with Crippen LogP contribution in [0.3, 0.4) is 0 Å². The van der Waals surface area contributed by atoms with E-state index in [2.05, 4.69) is 10.3 Å². The van der Waals surface area contributed by atoms with Crippen LogP contribution in [-0.2, 0) is 0 Å². The predicted octanol–water partition coefficient (Wildman–Crippen LogP) is 3.18. The highest BCUT2D eigenvalue weighted by molar-refractivity contribution is 7.09. The van der Waals surface area contributed by atoms with Crippen molar-refractivity contribution in [1.29, 1.82) is 0 Å². The molecule has 0 saturated heterocycles. The number of para-hydroxylation sites is 1. The number of benzene rings is 1. The number of hydrogen-bond acceptors (Lipinski definition) is 4. The van der Waals surface area contributed by atoms with Gasteiger partial charge in [-0.3, -0.25) is 4.79 Å². The zero-order valence-corrected chi connectivity index (χ0v) is 12.2. The molecule has 0 aliphatic heterocycles. The largest absolute Gasteiger partial charge is 0.397 e. The second kappa shape index (κ2) is 5.59. The number of nitrogens with two attached hydrogens (primary N) is 1. The van der Waals surface area contributed by atoms with E-state index in [9.17, 15) is 4.79 Å². The summed E-state index contributed by atoms with van der Waals surface area (Å²) in [5, 5.41) is 6.06. The van der Waals surface area contributed by atoms with Gasteiger partial charge < -0.3 is 11.1 Å².